The molecular formula is C20H22N4O2. The number of H-pyrrole nitrogens is 1. The fraction of sp³-hybridized carbons (Fsp3) is 0.300. The van der Waals surface area contributed by atoms with Crippen LogP contribution in [0.4, 0.5) is 5.95 Å². The van der Waals surface area contributed by atoms with Crippen LogP contribution in [-0.2, 0) is 0 Å². The Morgan fingerprint density at radius 1 is 1.12 bits per heavy atom. The van der Waals surface area contributed by atoms with Gasteiger partial charge in [-0.3, -0.25) is 4.79 Å². The number of aromatic nitrogens is 2. The SMILES string of the molecule is CCOc1cccc(C(=O)N2CCN(c3nc4ccccc4[nH]3)CC2)c1. The molecule has 134 valence electrons. The van der Waals surface area contributed by atoms with E-state index < -0.39 is 0 Å². The summed E-state index contributed by atoms with van der Waals surface area (Å²) >= 11 is 0. The Hall–Kier alpha value is -3.02. The minimum Gasteiger partial charge on any atom is -0.494 e. The number of benzene rings is 2. The van der Waals surface area contributed by atoms with Crippen molar-refractivity contribution < 1.29 is 9.53 Å². The number of amides is 1. The van der Waals surface area contributed by atoms with Crippen molar-refractivity contribution in [2.24, 2.45) is 0 Å². The van der Waals surface area contributed by atoms with Gasteiger partial charge in [-0.1, -0.05) is 18.2 Å². The predicted molar refractivity (Wildman–Crippen MR) is 102 cm³/mol. The molecule has 0 radical (unpaired) electrons. The molecule has 0 bridgehead atoms. The average molecular weight is 350 g/mol. The van der Waals surface area contributed by atoms with Gasteiger partial charge in [0, 0.05) is 31.7 Å². The standard InChI is InChI=1S/C20H22N4O2/c1-2-26-16-7-5-6-15(14-16)19(25)23-10-12-24(13-11-23)20-21-17-8-3-4-9-18(17)22-20/h3-9,14H,2,10-13H2,1H3,(H,21,22). The van der Waals surface area contributed by atoms with E-state index in [1.54, 1.807) is 0 Å². The number of imidazole rings is 1. The number of hydrogen-bond donors (Lipinski definition) is 1. The van der Waals surface area contributed by atoms with Crippen LogP contribution in [0.5, 0.6) is 5.75 Å². The third kappa shape index (κ3) is 3.22. The average Bonchev–Trinajstić information content (AvgIpc) is 3.12. The largest absolute Gasteiger partial charge is 0.494 e. The molecule has 2 heterocycles. The lowest BCUT2D eigenvalue weighted by atomic mass is 10.1. The van der Waals surface area contributed by atoms with Crippen LogP contribution in [0.3, 0.4) is 0 Å². The van der Waals surface area contributed by atoms with Gasteiger partial charge in [-0.15, -0.1) is 0 Å². The number of fused-ring (bicyclic) bond motifs is 1. The maximum atomic E-state index is 12.8. The number of carbonyl (C=O) groups is 1. The first-order valence-corrected chi connectivity index (χ1v) is 8.96. The summed E-state index contributed by atoms with van der Waals surface area (Å²) in [5, 5.41) is 0. The molecule has 0 atom stereocenters. The van der Waals surface area contributed by atoms with Gasteiger partial charge >= 0.3 is 0 Å². The highest BCUT2D eigenvalue weighted by atomic mass is 16.5. The molecule has 6 heteroatoms. The summed E-state index contributed by atoms with van der Waals surface area (Å²) in [6.07, 6.45) is 0. The van der Waals surface area contributed by atoms with Crippen LogP contribution in [0, 0.1) is 0 Å². The number of anilines is 1. The minimum atomic E-state index is 0.0517. The van der Waals surface area contributed by atoms with Crippen molar-refractivity contribution in [3.8, 4) is 5.75 Å². The van der Waals surface area contributed by atoms with E-state index in [2.05, 4.69) is 14.9 Å². The molecule has 1 aliphatic rings. The Kier molecular flexibility index (Phi) is 4.48. The van der Waals surface area contributed by atoms with Gasteiger partial charge in [0.2, 0.25) is 5.95 Å². The summed E-state index contributed by atoms with van der Waals surface area (Å²) in [6, 6.07) is 15.4. The van der Waals surface area contributed by atoms with Gasteiger partial charge in [0.05, 0.1) is 17.6 Å². The highest BCUT2D eigenvalue weighted by molar-refractivity contribution is 5.94. The number of hydrogen-bond acceptors (Lipinski definition) is 4. The fourth-order valence-electron chi connectivity index (χ4n) is 3.28. The molecule has 26 heavy (non-hydrogen) atoms. The fourth-order valence-corrected chi connectivity index (χ4v) is 3.28. The number of para-hydroxylation sites is 2. The van der Waals surface area contributed by atoms with E-state index in [9.17, 15) is 4.79 Å². The monoisotopic (exact) mass is 350 g/mol. The number of rotatable bonds is 4. The number of nitrogens with one attached hydrogen (secondary N) is 1. The zero-order valence-electron chi connectivity index (χ0n) is 14.8. The molecule has 0 unspecified atom stereocenters. The quantitative estimate of drug-likeness (QED) is 0.786. The smallest absolute Gasteiger partial charge is 0.254 e. The molecule has 6 nitrogen and oxygen atoms in total. The molecule has 1 saturated heterocycles. The lowest BCUT2D eigenvalue weighted by Gasteiger charge is -2.34. The van der Waals surface area contributed by atoms with Crippen molar-refractivity contribution in [3.63, 3.8) is 0 Å². The lowest BCUT2D eigenvalue weighted by Crippen LogP contribution is -2.49. The van der Waals surface area contributed by atoms with Gasteiger partial charge in [-0.2, -0.15) is 0 Å². The molecule has 1 fully saturated rings. The van der Waals surface area contributed by atoms with Crippen molar-refractivity contribution in [2.75, 3.05) is 37.7 Å². The van der Waals surface area contributed by atoms with Crippen LogP contribution in [0.1, 0.15) is 17.3 Å². The van der Waals surface area contributed by atoms with Crippen molar-refractivity contribution >= 4 is 22.9 Å². The molecule has 1 aliphatic heterocycles. The summed E-state index contributed by atoms with van der Waals surface area (Å²) in [5.41, 5.74) is 2.68. The number of piperazine rings is 1. The first-order chi connectivity index (χ1) is 12.7. The van der Waals surface area contributed by atoms with Gasteiger partial charge in [0.25, 0.3) is 5.91 Å². The van der Waals surface area contributed by atoms with Crippen molar-refractivity contribution in [1.82, 2.24) is 14.9 Å². The minimum absolute atomic E-state index is 0.0517. The number of carbonyl (C=O) groups excluding carboxylic acids is 1. The summed E-state index contributed by atoms with van der Waals surface area (Å²) in [7, 11) is 0. The zero-order chi connectivity index (χ0) is 17.9. The second-order valence-electron chi connectivity index (χ2n) is 6.32. The van der Waals surface area contributed by atoms with Gasteiger partial charge < -0.3 is 19.5 Å². The van der Waals surface area contributed by atoms with E-state index >= 15 is 0 Å². The van der Waals surface area contributed by atoms with Gasteiger partial charge in [-0.05, 0) is 37.3 Å². The second-order valence-corrected chi connectivity index (χ2v) is 6.32. The maximum absolute atomic E-state index is 12.8. The Morgan fingerprint density at radius 2 is 1.92 bits per heavy atom. The Morgan fingerprint density at radius 3 is 2.69 bits per heavy atom. The van der Waals surface area contributed by atoms with E-state index in [1.165, 1.54) is 0 Å². The van der Waals surface area contributed by atoms with Crippen molar-refractivity contribution in [1.29, 1.82) is 0 Å². The Labute approximate surface area is 152 Å². The molecule has 0 spiro atoms. The highest BCUT2D eigenvalue weighted by Crippen LogP contribution is 2.20. The van der Waals surface area contributed by atoms with Crippen LogP contribution in [0.2, 0.25) is 0 Å². The molecule has 0 saturated carbocycles. The van der Waals surface area contributed by atoms with E-state index in [1.807, 2.05) is 60.4 Å². The van der Waals surface area contributed by atoms with Crippen molar-refractivity contribution in [2.45, 2.75) is 6.92 Å². The summed E-state index contributed by atoms with van der Waals surface area (Å²) in [6.45, 7) is 5.40. The van der Waals surface area contributed by atoms with Crippen molar-refractivity contribution in [3.05, 3.63) is 54.1 Å². The normalized spacial score (nSPS) is 14.7. The molecule has 1 aromatic heterocycles. The van der Waals surface area contributed by atoms with Crippen LogP contribution >= 0.6 is 0 Å². The summed E-state index contributed by atoms with van der Waals surface area (Å²) in [4.78, 5) is 24.9. The maximum Gasteiger partial charge on any atom is 0.254 e. The topological polar surface area (TPSA) is 61.5 Å². The summed E-state index contributed by atoms with van der Waals surface area (Å²) < 4.78 is 5.50. The van der Waals surface area contributed by atoms with E-state index in [0.29, 0.717) is 25.3 Å². The predicted octanol–water partition coefficient (Wildman–Crippen LogP) is 2.92. The molecule has 0 aliphatic carbocycles. The molecule has 1 amide bonds. The van der Waals surface area contributed by atoms with Crippen LogP contribution in [0.15, 0.2) is 48.5 Å². The molecule has 2 aromatic carbocycles. The first-order valence-electron chi connectivity index (χ1n) is 8.96. The van der Waals surface area contributed by atoms with Crippen LogP contribution in [-0.4, -0.2) is 53.6 Å². The second kappa shape index (κ2) is 7.07. The van der Waals surface area contributed by atoms with Crippen LogP contribution in [0.25, 0.3) is 11.0 Å². The number of ether oxygens (including phenoxy) is 1. The Bertz CT molecular complexity index is 880. The van der Waals surface area contributed by atoms with Crippen LogP contribution < -0.4 is 9.64 Å². The van der Waals surface area contributed by atoms with E-state index in [0.717, 1.165) is 35.8 Å². The highest BCUT2D eigenvalue weighted by Gasteiger charge is 2.24. The third-order valence-corrected chi connectivity index (χ3v) is 4.64. The Balaban J connectivity index is 1.43. The summed E-state index contributed by atoms with van der Waals surface area (Å²) in [5.74, 6) is 1.66. The number of aromatic amines is 1. The van der Waals surface area contributed by atoms with Gasteiger partial charge in [0.1, 0.15) is 5.75 Å². The third-order valence-electron chi connectivity index (χ3n) is 4.64. The lowest BCUT2D eigenvalue weighted by molar-refractivity contribution is 0.0746. The van der Waals surface area contributed by atoms with E-state index in [-0.39, 0.29) is 5.91 Å². The molecular weight excluding hydrogens is 328 g/mol. The molecule has 1 N–H and O–H groups in total. The first kappa shape index (κ1) is 16.4. The van der Waals surface area contributed by atoms with E-state index in [4.69, 9.17) is 4.74 Å². The van der Waals surface area contributed by atoms with Gasteiger partial charge in [0.15, 0.2) is 0 Å². The molecule has 3 aromatic rings. The zero-order valence-corrected chi connectivity index (χ0v) is 14.8. The number of nitrogens with zero attached hydrogens (tertiary/aromatic N) is 3. The molecule has 4 rings (SSSR count). The van der Waals surface area contributed by atoms with Gasteiger partial charge in [-0.25, -0.2) is 4.98 Å².